The van der Waals surface area contributed by atoms with E-state index in [2.05, 4.69) is 0 Å². The predicted molar refractivity (Wildman–Crippen MR) is 110 cm³/mol. The molecule has 0 saturated carbocycles. The van der Waals surface area contributed by atoms with Crippen molar-refractivity contribution in [3.05, 3.63) is 59.7 Å². The number of hydrogen-bond donors (Lipinski definition) is 0. The van der Waals surface area contributed by atoms with E-state index in [1.54, 1.807) is 55.6 Å². The second-order valence-corrected chi connectivity index (χ2v) is 7.36. The molecule has 0 fully saturated rings. The highest BCUT2D eigenvalue weighted by atomic mass is 16.6. The molecule has 1 atom stereocenters. The van der Waals surface area contributed by atoms with Gasteiger partial charge in [0.15, 0.2) is 0 Å². The van der Waals surface area contributed by atoms with Gasteiger partial charge in [-0.25, -0.2) is 4.79 Å². The highest BCUT2D eigenvalue weighted by Crippen LogP contribution is 2.27. The van der Waals surface area contributed by atoms with Gasteiger partial charge in [0, 0.05) is 0 Å². The van der Waals surface area contributed by atoms with Gasteiger partial charge in [-0.05, 0) is 48.7 Å². The largest absolute Gasteiger partial charge is 0.497 e. The molecule has 0 saturated heterocycles. The van der Waals surface area contributed by atoms with Crippen LogP contribution in [-0.2, 0) is 9.53 Å². The fraction of sp³-hybridized carbons (Fsp3) is 0.348. The van der Waals surface area contributed by atoms with Crippen LogP contribution in [0.5, 0.6) is 11.5 Å². The van der Waals surface area contributed by atoms with E-state index in [4.69, 9.17) is 14.2 Å². The van der Waals surface area contributed by atoms with E-state index in [1.807, 2.05) is 13.8 Å². The molecule has 7 heteroatoms. The molecular weight excluding hydrogens is 386 g/mol. The Balaban J connectivity index is 1.62. The number of benzene rings is 2. The Kier molecular flexibility index (Phi) is 6.72. The summed E-state index contributed by atoms with van der Waals surface area (Å²) in [6.45, 7) is 3.99. The molecule has 1 aliphatic rings. The standard InChI is InChI=1S/C23H25NO6/c1-15(2)14-20(24-21(25)18-6-4-5-7-19(18)22(24)26)23(27)30-13-12-29-17-10-8-16(28-3)9-11-17/h4-11,15,20H,12-14H2,1-3H3. The predicted octanol–water partition coefficient (Wildman–Crippen LogP) is 3.33. The van der Waals surface area contributed by atoms with Gasteiger partial charge in [0.1, 0.15) is 30.8 Å². The minimum atomic E-state index is -0.974. The number of imide groups is 1. The Labute approximate surface area is 175 Å². The van der Waals surface area contributed by atoms with Crippen LogP contribution in [0.15, 0.2) is 48.5 Å². The monoisotopic (exact) mass is 411 g/mol. The summed E-state index contributed by atoms with van der Waals surface area (Å²) in [5.41, 5.74) is 0.624. The molecule has 2 aromatic rings. The molecule has 30 heavy (non-hydrogen) atoms. The molecule has 7 nitrogen and oxygen atoms in total. The third-order valence-electron chi connectivity index (χ3n) is 4.76. The van der Waals surface area contributed by atoms with E-state index in [-0.39, 0.29) is 19.1 Å². The van der Waals surface area contributed by atoms with Gasteiger partial charge in [-0.3, -0.25) is 14.5 Å². The number of nitrogens with zero attached hydrogens (tertiary/aromatic N) is 1. The minimum absolute atomic E-state index is 0.00261. The Morgan fingerprint density at radius 1 is 0.900 bits per heavy atom. The zero-order valence-corrected chi connectivity index (χ0v) is 17.3. The van der Waals surface area contributed by atoms with Gasteiger partial charge in [-0.1, -0.05) is 26.0 Å². The number of carbonyl (C=O) groups is 3. The van der Waals surface area contributed by atoms with Gasteiger partial charge >= 0.3 is 5.97 Å². The maximum atomic E-state index is 12.8. The number of ether oxygens (including phenoxy) is 3. The Morgan fingerprint density at radius 3 is 2.00 bits per heavy atom. The van der Waals surface area contributed by atoms with E-state index in [0.29, 0.717) is 29.0 Å². The van der Waals surface area contributed by atoms with Crippen LogP contribution in [0.2, 0.25) is 0 Å². The molecule has 2 amide bonds. The van der Waals surface area contributed by atoms with Gasteiger partial charge in [0.2, 0.25) is 0 Å². The van der Waals surface area contributed by atoms with Crippen molar-refractivity contribution in [2.24, 2.45) is 5.92 Å². The first kappa shape index (κ1) is 21.4. The molecule has 0 radical (unpaired) electrons. The molecule has 0 aromatic heterocycles. The maximum absolute atomic E-state index is 12.8. The Bertz CT molecular complexity index is 887. The van der Waals surface area contributed by atoms with Crippen LogP contribution in [0.1, 0.15) is 41.0 Å². The summed E-state index contributed by atoms with van der Waals surface area (Å²) in [7, 11) is 1.58. The molecule has 2 aromatic carbocycles. The molecule has 0 N–H and O–H groups in total. The lowest BCUT2D eigenvalue weighted by molar-refractivity contribution is -0.149. The Morgan fingerprint density at radius 2 is 1.47 bits per heavy atom. The molecule has 1 unspecified atom stereocenters. The summed E-state index contributed by atoms with van der Waals surface area (Å²) in [5.74, 6) is -0.128. The van der Waals surface area contributed by atoms with E-state index in [9.17, 15) is 14.4 Å². The van der Waals surface area contributed by atoms with Gasteiger partial charge in [0.25, 0.3) is 11.8 Å². The second-order valence-electron chi connectivity index (χ2n) is 7.36. The Hall–Kier alpha value is -3.35. The lowest BCUT2D eigenvalue weighted by Gasteiger charge is -2.26. The van der Waals surface area contributed by atoms with Crippen LogP contribution in [0, 0.1) is 5.92 Å². The summed E-state index contributed by atoms with van der Waals surface area (Å²) in [6, 6.07) is 12.6. The molecule has 0 bridgehead atoms. The van der Waals surface area contributed by atoms with Crippen LogP contribution in [0.25, 0.3) is 0 Å². The summed E-state index contributed by atoms with van der Waals surface area (Å²) in [5, 5.41) is 0. The highest BCUT2D eigenvalue weighted by molar-refractivity contribution is 6.22. The summed E-state index contributed by atoms with van der Waals surface area (Å²) < 4.78 is 16.0. The first-order valence-electron chi connectivity index (χ1n) is 9.82. The topological polar surface area (TPSA) is 82.1 Å². The highest BCUT2D eigenvalue weighted by Gasteiger charge is 2.43. The molecule has 1 heterocycles. The molecule has 0 spiro atoms. The summed E-state index contributed by atoms with van der Waals surface area (Å²) >= 11 is 0. The smallest absolute Gasteiger partial charge is 0.329 e. The van der Waals surface area contributed by atoms with Crippen molar-refractivity contribution in [2.75, 3.05) is 20.3 Å². The summed E-state index contributed by atoms with van der Waals surface area (Å²) in [6.07, 6.45) is 0.323. The third kappa shape index (κ3) is 4.62. The fourth-order valence-corrected chi connectivity index (χ4v) is 3.31. The zero-order chi connectivity index (χ0) is 21.7. The minimum Gasteiger partial charge on any atom is -0.497 e. The van der Waals surface area contributed by atoms with Crippen molar-refractivity contribution < 1.29 is 28.6 Å². The van der Waals surface area contributed by atoms with Gasteiger partial charge in [0.05, 0.1) is 18.2 Å². The number of carbonyl (C=O) groups excluding carboxylic acids is 3. The van der Waals surface area contributed by atoms with Crippen molar-refractivity contribution in [1.29, 1.82) is 0 Å². The second kappa shape index (κ2) is 9.43. The lowest BCUT2D eigenvalue weighted by atomic mass is 10.0. The van der Waals surface area contributed by atoms with Crippen molar-refractivity contribution in [1.82, 2.24) is 4.90 Å². The van der Waals surface area contributed by atoms with E-state index in [1.165, 1.54) is 0 Å². The molecule has 3 rings (SSSR count). The average Bonchev–Trinajstić information content (AvgIpc) is 3.00. The fourth-order valence-electron chi connectivity index (χ4n) is 3.31. The van der Waals surface area contributed by atoms with Crippen LogP contribution >= 0.6 is 0 Å². The molecule has 158 valence electrons. The van der Waals surface area contributed by atoms with E-state index in [0.717, 1.165) is 4.90 Å². The van der Waals surface area contributed by atoms with Gasteiger partial charge < -0.3 is 14.2 Å². The van der Waals surface area contributed by atoms with Gasteiger partial charge in [-0.2, -0.15) is 0 Å². The number of fused-ring (bicyclic) bond motifs is 1. The quantitative estimate of drug-likeness (QED) is 0.358. The van der Waals surface area contributed by atoms with Crippen molar-refractivity contribution in [2.45, 2.75) is 26.3 Å². The molecular formula is C23H25NO6. The third-order valence-corrected chi connectivity index (χ3v) is 4.76. The maximum Gasteiger partial charge on any atom is 0.329 e. The van der Waals surface area contributed by atoms with Crippen molar-refractivity contribution in [3.63, 3.8) is 0 Å². The molecule has 0 aliphatic carbocycles. The lowest BCUT2D eigenvalue weighted by Crippen LogP contribution is -2.46. The SMILES string of the molecule is COc1ccc(OCCOC(=O)C(CC(C)C)N2C(=O)c3ccccc3C2=O)cc1. The van der Waals surface area contributed by atoms with E-state index < -0.39 is 23.8 Å². The van der Waals surface area contributed by atoms with Crippen molar-refractivity contribution in [3.8, 4) is 11.5 Å². The van der Waals surface area contributed by atoms with Gasteiger partial charge in [-0.15, -0.1) is 0 Å². The van der Waals surface area contributed by atoms with Crippen LogP contribution in [0.3, 0.4) is 0 Å². The summed E-state index contributed by atoms with van der Waals surface area (Å²) in [4.78, 5) is 39.3. The number of methoxy groups -OCH3 is 1. The average molecular weight is 411 g/mol. The molecule has 1 aliphatic heterocycles. The normalized spacial score (nSPS) is 13.9. The van der Waals surface area contributed by atoms with E-state index >= 15 is 0 Å². The number of amides is 2. The first-order valence-corrected chi connectivity index (χ1v) is 9.82. The van der Waals surface area contributed by atoms with Crippen LogP contribution in [-0.4, -0.2) is 49.0 Å². The van der Waals surface area contributed by atoms with Crippen LogP contribution in [0.4, 0.5) is 0 Å². The first-order chi connectivity index (χ1) is 14.4. The number of esters is 1. The number of rotatable bonds is 9. The zero-order valence-electron chi connectivity index (χ0n) is 17.3. The van der Waals surface area contributed by atoms with Crippen LogP contribution < -0.4 is 9.47 Å². The number of hydrogen-bond acceptors (Lipinski definition) is 6. The van der Waals surface area contributed by atoms with Crippen molar-refractivity contribution >= 4 is 17.8 Å².